The Kier molecular flexibility index (Phi) is 5.03. The first kappa shape index (κ1) is 13.1. The van der Waals surface area contributed by atoms with Crippen molar-refractivity contribution >= 4 is 12.0 Å². The molecule has 1 amide bonds. The van der Waals surface area contributed by atoms with Crippen LogP contribution in [0.4, 0.5) is 0 Å². The van der Waals surface area contributed by atoms with Crippen LogP contribution in [-0.2, 0) is 4.79 Å². The lowest BCUT2D eigenvalue weighted by Crippen LogP contribution is -2.14. The molecule has 92 valence electrons. The van der Waals surface area contributed by atoms with Crippen molar-refractivity contribution < 1.29 is 19.5 Å². The summed E-state index contributed by atoms with van der Waals surface area (Å²) in [5.74, 6) is 0.662. The van der Waals surface area contributed by atoms with Gasteiger partial charge in [-0.05, 0) is 30.7 Å². The van der Waals surface area contributed by atoms with Crippen LogP contribution in [0.5, 0.6) is 11.5 Å². The fourth-order valence-corrected chi connectivity index (χ4v) is 1.27. The summed E-state index contributed by atoms with van der Waals surface area (Å²) in [6.45, 7) is 2.44. The second-order valence-electron chi connectivity index (χ2n) is 3.15. The first-order valence-corrected chi connectivity index (χ1v) is 5.14. The molecule has 0 heterocycles. The molecule has 1 aromatic carbocycles. The number of rotatable bonds is 5. The third-order valence-electron chi connectivity index (χ3n) is 2.02. The normalized spacial score (nSPS) is 10.3. The minimum absolute atomic E-state index is 0.554. The van der Waals surface area contributed by atoms with Crippen LogP contribution in [-0.4, -0.2) is 24.8 Å². The molecule has 0 spiro atoms. The number of nitrogens with one attached hydrogen (secondary N) is 1. The molecule has 0 atom stereocenters. The largest absolute Gasteiger partial charge is 0.493 e. The zero-order valence-electron chi connectivity index (χ0n) is 9.77. The Morgan fingerprint density at radius 3 is 2.82 bits per heavy atom. The molecule has 0 fully saturated rings. The van der Waals surface area contributed by atoms with Crippen molar-refractivity contribution in [2.75, 3.05) is 13.7 Å². The van der Waals surface area contributed by atoms with Crippen LogP contribution in [0.25, 0.3) is 6.08 Å². The first-order valence-electron chi connectivity index (χ1n) is 5.14. The smallest absolute Gasteiger partial charge is 0.267 e. The van der Waals surface area contributed by atoms with E-state index in [1.165, 1.54) is 11.6 Å². The highest BCUT2D eigenvalue weighted by molar-refractivity contribution is 5.90. The minimum atomic E-state index is -0.585. The van der Waals surface area contributed by atoms with Gasteiger partial charge in [0.05, 0.1) is 13.7 Å². The number of amides is 1. The van der Waals surface area contributed by atoms with E-state index in [-0.39, 0.29) is 0 Å². The Bertz CT molecular complexity index is 415. The van der Waals surface area contributed by atoms with Crippen LogP contribution in [0.15, 0.2) is 24.3 Å². The molecule has 0 aromatic heterocycles. The molecule has 17 heavy (non-hydrogen) atoms. The Morgan fingerprint density at radius 2 is 2.24 bits per heavy atom. The van der Waals surface area contributed by atoms with Crippen molar-refractivity contribution in [2.45, 2.75) is 6.92 Å². The molecule has 0 aliphatic carbocycles. The first-order chi connectivity index (χ1) is 8.21. The average Bonchev–Trinajstić information content (AvgIpc) is 2.37. The van der Waals surface area contributed by atoms with E-state index in [0.29, 0.717) is 18.1 Å². The van der Waals surface area contributed by atoms with E-state index >= 15 is 0 Å². The van der Waals surface area contributed by atoms with E-state index in [9.17, 15) is 4.79 Å². The lowest BCUT2D eigenvalue weighted by Gasteiger charge is -2.09. The molecule has 0 aliphatic rings. The van der Waals surface area contributed by atoms with E-state index in [1.807, 2.05) is 6.92 Å². The molecule has 0 saturated carbocycles. The highest BCUT2D eigenvalue weighted by atomic mass is 16.5. The Hall–Kier alpha value is -2.01. The number of benzene rings is 1. The number of hydrogen-bond donors (Lipinski definition) is 2. The predicted molar refractivity (Wildman–Crippen MR) is 63.1 cm³/mol. The number of methoxy groups -OCH3 is 1. The maximum absolute atomic E-state index is 10.8. The molecule has 1 rings (SSSR count). The van der Waals surface area contributed by atoms with Gasteiger partial charge in [-0.2, -0.15) is 0 Å². The van der Waals surface area contributed by atoms with Gasteiger partial charge in [0.15, 0.2) is 11.5 Å². The molecule has 1 aromatic rings. The third kappa shape index (κ3) is 3.81. The highest BCUT2D eigenvalue weighted by Crippen LogP contribution is 2.28. The molecule has 0 radical (unpaired) electrons. The lowest BCUT2D eigenvalue weighted by atomic mass is 10.2. The molecule has 2 N–H and O–H groups in total. The maximum Gasteiger partial charge on any atom is 0.267 e. The van der Waals surface area contributed by atoms with Crippen LogP contribution in [0.1, 0.15) is 12.5 Å². The van der Waals surface area contributed by atoms with Gasteiger partial charge in [0, 0.05) is 6.08 Å². The molecule has 5 nitrogen and oxygen atoms in total. The van der Waals surface area contributed by atoms with E-state index in [4.69, 9.17) is 14.7 Å². The van der Waals surface area contributed by atoms with E-state index in [1.54, 1.807) is 31.4 Å². The van der Waals surface area contributed by atoms with Crippen molar-refractivity contribution in [1.29, 1.82) is 0 Å². The van der Waals surface area contributed by atoms with Gasteiger partial charge in [-0.25, -0.2) is 5.48 Å². The van der Waals surface area contributed by atoms with E-state index < -0.39 is 5.91 Å². The maximum atomic E-state index is 10.8. The predicted octanol–water partition coefficient (Wildman–Crippen LogP) is 1.61. The van der Waals surface area contributed by atoms with Crippen molar-refractivity contribution in [3.8, 4) is 11.5 Å². The summed E-state index contributed by atoms with van der Waals surface area (Å²) in [5, 5.41) is 8.33. The number of carbonyl (C=O) groups is 1. The Morgan fingerprint density at radius 1 is 1.47 bits per heavy atom. The van der Waals surface area contributed by atoms with Crippen molar-refractivity contribution in [2.24, 2.45) is 0 Å². The molecular weight excluding hydrogens is 222 g/mol. The zero-order chi connectivity index (χ0) is 12.7. The van der Waals surface area contributed by atoms with Gasteiger partial charge in [0.1, 0.15) is 0 Å². The zero-order valence-corrected chi connectivity index (χ0v) is 9.77. The summed E-state index contributed by atoms with van der Waals surface area (Å²) in [6, 6.07) is 5.29. The Balaban J connectivity index is 2.89. The molecule has 0 aliphatic heterocycles. The van der Waals surface area contributed by atoms with Crippen LogP contribution in [0.3, 0.4) is 0 Å². The van der Waals surface area contributed by atoms with E-state index in [2.05, 4.69) is 0 Å². The number of hydrogen-bond acceptors (Lipinski definition) is 4. The monoisotopic (exact) mass is 237 g/mol. The standard InChI is InChI=1S/C12H15NO4/c1-3-17-10-6-4-9(8-11(10)16-2)5-7-12(14)13-15/h4-8,15H,3H2,1-2H3,(H,13,14). The van der Waals surface area contributed by atoms with Gasteiger partial charge in [-0.3, -0.25) is 10.0 Å². The lowest BCUT2D eigenvalue weighted by molar-refractivity contribution is -0.124. The summed E-state index contributed by atoms with van der Waals surface area (Å²) < 4.78 is 10.5. The summed E-state index contributed by atoms with van der Waals surface area (Å²) in [5.41, 5.74) is 2.29. The summed E-state index contributed by atoms with van der Waals surface area (Å²) >= 11 is 0. The van der Waals surface area contributed by atoms with Crippen molar-refractivity contribution in [3.63, 3.8) is 0 Å². The summed E-state index contributed by atoms with van der Waals surface area (Å²) in [6.07, 6.45) is 2.78. The molecule has 0 bridgehead atoms. The molecule has 5 heteroatoms. The van der Waals surface area contributed by atoms with Crippen molar-refractivity contribution in [3.05, 3.63) is 29.8 Å². The second kappa shape index (κ2) is 6.55. The molecule has 0 unspecified atom stereocenters. The van der Waals surface area contributed by atoms with Gasteiger partial charge < -0.3 is 9.47 Å². The van der Waals surface area contributed by atoms with Crippen LogP contribution in [0.2, 0.25) is 0 Å². The van der Waals surface area contributed by atoms with Crippen molar-refractivity contribution in [1.82, 2.24) is 5.48 Å². The fraction of sp³-hybridized carbons (Fsp3) is 0.250. The van der Waals surface area contributed by atoms with Crippen LogP contribution >= 0.6 is 0 Å². The van der Waals surface area contributed by atoms with E-state index in [0.717, 1.165) is 5.56 Å². The molecular formula is C12H15NO4. The SMILES string of the molecule is CCOc1ccc(C=CC(=O)NO)cc1OC. The summed E-state index contributed by atoms with van der Waals surface area (Å²) in [4.78, 5) is 10.8. The van der Waals surface area contributed by atoms with Gasteiger partial charge in [0.25, 0.3) is 5.91 Å². The average molecular weight is 237 g/mol. The minimum Gasteiger partial charge on any atom is -0.493 e. The summed E-state index contributed by atoms with van der Waals surface area (Å²) in [7, 11) is 1.55. The van der Waals surface area contributed by atoms with Gasteiger partial charge in [0.2, 0.25) is 0 Å². The van der Waals surface area contributed by atoms with Crippen LogP contribution < -0.4 is 15.0 Å². The third-order valence-corrected chi connectivity index (χ3v) is 2.02. The molecule has 0 saturated heterocycles. The van der Waals surface area contributed by atoms with Gasteiger partial charge in [-0.1, -0.05) is 6.07 Å². The number of ether oxygens (including phenoxy) is 2. The highest BCUT2D eigenvalue weighted by Gasteiger charge is 2.03. The second-order valence-corrected chi connectivity index (χ2v) is 3.15. The van der Waals surface area contributed by atoms with Crippen LogP contribution in [0, 0.1) is 0 Å². The Labute approximate surface area is 99.6 Å². The number of hydroxylamine groups is 1. The quantitative estimate of drug-likeness (QED) is 0.464. The fourth-order valence-electron chi connectivity index (χ4n) is 1.27. The van der Waals surface area contributed by atoms with Gasteiger partial charge in [-0.15, -0.1) is 0 Å². The number of carbonyl (C=O) groups excluding carboxylic acids is 1. The van der Waals surface area contributed by atoms with Gasteiger partial charge >= 0.3 is 0 Å². The topological polar surface area (TPSA) is 67.8 Å².